The summed E-state index contributed by atoms with van der Waals surface area (Å²) in [6, 6.07) is 0. The lowest BCUT2D eigenvalue weighted by molar-refractivity contribution is 0.233. The van der Waals surface area contributed by atoms with E-state index in [0.29, 0.717) is 12.5 Å². The Bertz CT molecular complexity index is 135. The fourth-order valence-corrected chi connectivity index (χ4v) is 1.85. The third-order valence-electron chi connectivity index (χ3n) is 2.83. The van der Waals surface area contributed by atoms with Crippen molar-refractivity contribution in [3.63, 3.8) is 0 Å². The van der Waals surface area contributed by atoms with Gasteiger partial charge in [-0.25, -0.2) is 0 Å². The van der Waals surface area contributed by atoms with Gasteiger partial charge in [-0.1, -0.05) is 6.92 Å². The van der Waals surface area contributed by atoms with Crippen LogP contribution in [0.1, 0.15) is 26.2 Å². The molecule has 0 spiro atoms. The van der Waals surface area contributed by atoms with Crippen molar-refractivity contribution in [2.45, 2.75) is 26.2 Å². The summed E-state index contributed by atoms with van der Waals surface area (Å²) < 4.78 is 0. The quantitative estimate of drug-likeness (QED) is 0.594. The Balaban J connectivity index is 1.84. The van der Waals surface area contributed by atoms with Gasteiger partial charge in [0.15, 0.2) is 0 Å². The summed E-state index contributed by atoms with van der Waals surface area (Å²) in [5.74, 6) is 0.391. The first kappa shape index (κ1) is 12.0. The molecule has 0 aromatic heterocycles. The molecular formula is C11H24N2O. The van der Waals surface area contributed by atoms with Crippen molar-refractivity contribution in [2.24, 2.45) is 5.92 Å². The van der Waals surface area contributed by atoms with Crippen molar-refractivity contribution in [3.8, 4) is 0 Å². The maximum atomic E-state index is 8.82. The van der Waals surface area contributed by atoms with Gasteiger partial charge in [-0.3, -0.25) is 0 Å². The molecule has 1 fully saturated rings. The molecule has 1 aliphatic rings. The lowest BCUT2D eigenvalue weighted by atomic mass is 10.2. The fourth-order valence-electron chi connectivity index (χ4n) is 1.85. The lowest BCUT2D eigenvalue weighted by Crippen LogP contribution is -2.28. The monoisotopic (exact) mass is 200 g/mol. The molecule has 0 amide bonds. The maximum Gasteiger partial charge on any atom is 0.0468 e. The first-order valence-corrected chi connectivity index (χ1v) is 5.87. The average Bonchev–Trinajstić information content (AvgIpc) is 2.69. The summed E-state index contributed by atoms with van der Waals surface area (Å²) in [5, 5.41) is 12.2. The topological polar surface area (TPSA) is 35.5 Å². The number of nitrogens with zero attached hydrogens (tertiary/aromatic N) is 1. The van der Waals surface area contributed by atoms with Gasteiger partial charge in [0, 0.05) is 6.61 Å². The Morgan fingerprint density at radius 2 is 2.07 bits per heavy atom. The molecule has 0 aliphatic carbocycles. The molecule has 3 heteroatoms. The van der Waals surface area contributed by atoms with Gasteiger partial charge in [-0.05, 0) is 57.9 Å². The molecule has 84 valence electrons. The number of aliphatic hydroxyl groups is 1. The Hall–Kier alpha value is -0.120. The smallest absolute Gasteiger partial charge is 0.0468 e. The van der Waals surface area contributed by atoms with Crippen LogP contribution in [-0.4, -0.2) is 49.3 Å². The number of likely N-dealkylation sites (tertiary alicyclic amines) is 1. The van der Waals surface area contributed by atoms with Gasteiger partial charge in [0.05, 0.1) is 0 Å². The molecular weight excluding hydrogens is 176 g/mol. The molecule has 0 saturated carbocycles. The standard InChI is InChI=1S/C11H24N2O/c1-11(10-14)9-12-5-4-8-13-6-2-3-7-13/h11-12,14H,2-10H2,1H3. The van der Waals surface area contributed by atoms with Crippen LogP contribution >= 0.6 is 0 Å². The second kappa shape index (κ2) is 7.21. The number of hydrogen-bond donors (Lipinski definition) is 2. The van der Waals surface area contributed by atoms with Crippen molar-refractivity contribution in [1.82, 2.24) is 10.2 Å². The van der Waals surface area contributed by atoms with Crippen LogP contribution in [0.25, 0.3) is 0 Å². The van der Waals surface area contributed by atoms with Crippen molar-refractivity contribution in [3.05, 3.63) is 0 Å². The largest absolute Gasteiger partial charge is 0.396 e. The summed E-state index contributed by atoms with van der Waals surface area (Å²) in [4.78, 5) is 2.54. The zero-order chi connectivity index (χ0) is 10.2. The first-order valence-electron chi connectivity index (χ1n) is 5.87. The Morgan fingerprint density at radius 1 is 1.36 bits per heavy atom. The van der Waals surface area contributed by atoms with Gasteiger partial charge in [0.1, 0.15) is 0 Å². The van der Waals surface area contributed by atoms with Gasteiger partial charge >= 0.3 is 0 Å². The lowest BCUT2D eigenvalue weighted by Gasteiger charge is -2.15. The van der Waals surface area contributed by atoms with E-state index in [1.807, 2.05) is 0 Å². The number of rotatable bonds is 7. The van der Waals surface area contributed by atoms with Crippen LogP contribution in [0.5, 0.6) is 0 Å². The van der Waals surface area contributed by atoms with Crippen LogP contribution in [0.3, 0.4) is 0 Å². The molecule has 0 aromatic rings. The highest BCUT2D eigenvalue weighted by molar-refractivity contribution is 4.66. The predicted octanol–water partition coefficient (Wildman–Crippen LogP) is 0.690. The highest BCUT2D eigenvalue weighted by atomic mass is 16.3. The summed E-state index contributed by atoms with van der Waals surface area (Å²) in [5.41, 5.74) is 0. The van der Waals surface area contributed by atoms with Crippen LogP contribution in [-0.2, 0) is 0 Å². The van der Waals surface area contributed by atoms with Gasteiger partial charge < -0.3 is 15.3 Å². The molecule has 0 radical (unpaired) electrons. The molecule has 0 aromatic carbocycles. The Kier molecular flexibility index (Phi) is 6.15. The van der Waals surface area contributed by atoms with Crippen LogP contribution in [0.4, 0.5) is 0 Å². The van der Waals surface area contributed by atoms with Gasteiger partial charge in [-0.2, -0.15) is 0 Å². The maximum absolute atomic E-state index is 8.82. The number of aliphatic hydroxyl groups excluding tert-OH is 1. The molecule has 3 nitrogen and oxygen atoms in total. The molecule has 2 N–H and O–H groups in total. The van der Waals surface area contributed by atoms with Crippen molar-refractivity contribution < 1.29 is 5.11 Å². The van der Waals surface area contributed by atoms with E-state index in [-0.39, 0.29) is 0 Å². The molecule has 0 bridgehead atoms. The summed E-state index contributed by atoms with van der Waals surface area (Å²) >= 11 is 0. The fraction of sp³-hybridized carbons (Fsp3) is 1.00. The summed E-state index contributed by atoms with van der Waals surface area (Å²) in [7, 11) is 0. The molecule has 1 atom stereocenters. The third kappa shape index (κ3) is 4.94. The number of nitrogens with one attached hydrogen (secondary N) is 1. The van der Waals surface area contributed by atoms with E-state index in [2.05, 4.69) is 17.1 Å². The zero-order valence-corrected chi connectivity index (χ0v) is 9.34. The highest BCUT2D eigenvalue weighted by Crippen LogP contribution is 2.06. The summed E-state index contributed by atoms with van der Waals surface area (Å²) in [6.07, 6.45) is 4.00. The Labute approximate surface area is 87.5 Å². The van der Waals surface area contributed by atoms with Gasteiger partial charge in [0.25, 0.3) is 0 Å². The minimum absolute atomic E-state index is 0.291. The molecule has 1 saturated heterocycles. The van der Waals surface area contributed by atoms with Crippen molar-refractivity contribution in [2.75, 3.05) is 39.3 Å². The zero-order valence-electron chi connectivity index (χ0n) is 9.34. The SMILES string of the molecule is CC(CO)CNCCCN1CCCC1. The van der Waals surface area contributed by atoms with E-state index in [1.165, 1.54) is 38.9 Å². The van der Waals surface area contributed by atoms with E-state index in [4.69, 9.17) is 5.11 Å². The van der Waals surface area contributed by atoms with Crippen LogP contribution in [0.15, 0.2) is 0 Å². The number of hydrogen-bond acceptors (Lipinski definition) is 3. The first-order chi connectivity index (χ1) is 6.83. The highest BCUT2D eigenvalue weighted by Gasteiger charge is 2.09. The predicted molar refractivity (Wildman–Crippen MR) is 59.4 cm³/mol. The van der Waals surface area contributed by atoms with E-state index < -0.39 is 0 Å². The van der Waals surface area contributed by atoms with E-state index >= 15 is 0 Å². The molecule has 14 heavy (non-hydrogen) atoms. The summed E-state index contributed by atoms with van der Waals surface area (Å²) in [6.45, 7) is 8.21. The second-order valence-electron chi connectivity index (χ2n) is 4.39. The van der Waals surface area contributed by atoms with Crippen LogP contribution in [0.2, 0.25) is 0 Å². The van der Waals surface area contributed by atoms with E-state index in [9.17, 15) is 0 Å². The molecule has 1 unspecified atom stereocenters. The van der Waals surface area contributed by atoms with E-state index in [1.54, 1.807) is 0 Å². The minimum atomic E-state index is 0.291. The Morgan fingerprint density at radius 3 is 2.71 bits per heavy atom. The third-order valence-corrected chi connectivity index (χ3v) is 2.83. The van der Waals surface area contributed by atoms with Gasteiger partial charge in [-0.15, -0.1) is 0 Å². The molecule has 1 rings (SSSR count). The van der Waals surface area contributed by atoms with Gasteiger partial charge in [0.2, 0.25) is 0 Å². The van der Waals surface area contributed by atoms with Crippen molar-refractivity contribution >= 4 is 0 Å². The average molecular weight is 200 g/mol. The second-order valence-corrected chi connectivity index (χ2v) is 4.39. The van der Waals surface area contributed by atoms with Crippen molar-refractivity contribution in [1.29, 1.82) is 0 Å². The normalized spacial score (nSPS) is 20.1. The van der Waals surface area contributed by atoms with Crippen LogP contribution < -0.4 is 5.32 Å². The molecule has 1 heterocycles. The van der Waals surface area contributed by atoms with E-state index in [0.717, 1.165) is 13.1 Å². The van der Waals surface area contributed by atoms with Crippen LogP contribution in [0, 0.1) is 5.92 Å². The molecule has 1 aliphatic heterocycles. The minimum Gasteiger partial charge on any atom is -0.396 e.